The largest absolute Gasteiger partial charge is 0.370 e. The number of nitrogens with two attached hydrogens (primary N) is 1. The van der Waals surface area contributed by atoms with Gasteiger partial charge in [0.15, 0.2) is 23.4 Å². The lowest BCUT2D eigenvalue weighted by Crippen LogP contribution is -2.37. The number of hydrogen-bond acceptors (Lipinski definition) is 2. The zero-order chi connectivity index (χ0) is 15.3. The highest BCUT2D eigenvalue weighted by Crippen LogP contribution is 2.19. The third-order valence-corrected chi connectivity index (χ3v) is 2.14. The molecule has 1 aromatic carbocycles. The van der Waals surface area contributed by atoms with Crippen molar-refractivity contribution in [3.8, 4) is 0 Å². The number of nitrogens with one attached hydrogen (secondary N) is 2. The zero-order valence-corrected chi connectivity index (χ0v) is 11.0. The van der Waals surface area contributed by atoms with Crippen LogP contribution in [-0.4, -0.2) is 24.5 Å². The Labute approximate surface area is 114 Å². The minimum Gasteiger partial charge on any atom is -0.370 e. The van der Waals surface area contributed by atoms with Gasteiger partial charge < -0.3 is 16.4 Å². The summed E-state index contributed by atoms with van der Waals surface area (Å²) in [4.78, 5) is 15.2. The van der Waals surface area contributed by atoms with Gasteiger partial charge in [-0.15, -0.1) is 0 Å². The molecule has 0 atom stereocenters. The van der Waals surface area contributed by atoms with Gasteiger partial charge in [-0.1, -0.05) is 0 Å². The first-order valence-electron chi connectivity index (χ1n) is 5.81. The monoisotopic (exact) mass is 288 g/mol. The summed E-state index contributed by atoms with van der Waals surface area (Å²) in [5.41, 5.74) is 5.01. The summed E-state index contributed by atoms with van der Waals surface area (Å²) < 4.78 is 38.9. The van der Waals surface area contributed by atoms with Crippen molar-refractivity contribution in [2.24, 2.45) is 10.7 Å². The van der Waals surface area contributed by atoms with E-state index in [1.54, 1.807) is 0 Å². The third kappa shape index (κ3) is 4.45. The number of carbonyl (C=O) groups is 1. The molecule has 0 saturated heterocycles. The second-order valence-corrected chi connectivity index (χ2v) is 4.27. The van der Waals surface area contributed by atoms with Crippen LogP contribution in [0.3, 0.4) is 0 Å². The Morgan fingerprint density at radius 2 is 1.95 bits per heavy atom. The van der Waals surface area contributed by atoms with Crippen molar-refractivity contribution in [2.45, 2.75) is 19.9 Å². The van der Waals surface area contributed by atoms with Crippen LogP contribution in [-0.2, 0) is 4.79 Å². The number of nitrogens with zero attached hydrogens (tertiary/aromatic N) is 1. The summed E-state index contributed by atoms with van der Waals surface area (Å²) >= 11 is 0. The summed E-state index contributed by atoms with van der Waals surface area (Å²) in [7, 11) is 0. The fraction of sp³-hybridized carbons (Fsp3) is 0.333. The molecule has 0 fully saturated rings. The number of anilines is 1. The van der Waals surface area contributed by atoms with Gasteiger partial charge >= 0.3 is 0 Å². The number of amides is 1. The Kier molecular flexibility index (Phi) is 5.36. The molecule has 5 nitrogen and oxygen atoms in total. The molecule has 0 aliphatic heterocycles. The Morgan fingerprint density at radius 3 is 2.55 bits per heavy atom. The normalized spacial score (nSPS) is 11.6. The molecule has 1 amide bonds. The fourth-order valence-corrected chi connectivity index (χ4v) is 1.31. The third-order valence-electron chi connectivity index (χ3n) is 2.14. The molecule has 0 unspecified atom stereocenters. The zero-order valence-electron chi connectivity index (χ0n) is 11.0. The van der Waals surface area contributed by atoms with Crippen LogP contribution < -0.4 is 16.4 Å². The standard InChI is InChI=1S/C12H15F3N4O/c1-6(2)18-12(16)17-5-9(20)19-8-4-3-7(13)10(14)11(8)15/h3-4,6H,5H2,1-2H3,(H,19,20)(H3,16,17,18). The average molecular weight is 288 g/mol. The Morgan fingerprint density at radius 1 is 1.30 bits per heavy atom. The van der Waals surface area contributed by atoms with Gasteiger partial charge in [-0.05, 0) is 26.0 Å². The molecule has 0 bridgehead atoms. The average Bonchev–Trinajstić information content (AvgIpc) is 2.36. The first-order valence-corrected chi connectivity index (χ1v) is 5.81. The van der Waals surface area contributed by atoms with Gasteiger partial charge in [-0.25, -0.2) is 18.2 Å². The summed E-state index contributed by atoms with van der Waals surface area (Å²) in [5, 5.41) is 4.83. The van der Waals surface area contributed by atoms with E-state index in [2.05, 4.69) is 15.6 Å². The van der Waals surface area contributed by atoms with Crippen LogP contribution in [0.1, 0.15) is 13.8 Å². The molecular formula is C12H15F3N4O. The maximum Gasteiger partial charge on any atom is 0.246 e. The molecule has 1 rings (SSSR count). The molecule has 20 heavy (non-hydrogen) atoms. The summed E-state index contributed by atoms with van der Waals surface area (Å²) in [6.45, 7) is 3.29. The van der Waals surface area contributed by atoms with E-state index in [0.29, 0.717) is 6.07 Å². The number of halogens is 3. The van der Waals surface area contributed by atoms with Gasteiger partial charge in [0.1, 0.15) is 6.54 Å². The van der Waals surface area contributed by atoms with Crippen molar-refractivity contribution in [1.82, 2.24) is 5.32 Å². The number of carbonyl (C=O) groups excluding carboxylic acids is 1. The molecule has 0 saturated carbocycles. The first kappa shape index (κ1) is 15.8. The predicted molar refractivity (Wildman–Crippen MR) is 69.7 cm³/mol. The summed E-state index contributed by atoms with van der Waals surface area (Å²) in [6.07, 6.45) is 0. The van der Waals surface area contributed by atoms with Crippen molar-refractivity contribution in [3.05, 3.63) is 29.6 Å². The molecule has 0 aliphatic carbocycles. The van der Waals surface area contributed by atoms with E-state index in [1.165, 1.54) is 0 Å². The topological polar surface area (TPSA) is 79.5 Å². The fourth-order valence-electron chi connectivity index (χ4n) is 1.31. The number of rotatable bonds is 4. The Balaban J connectivity index is 2.66. The van der Waals surface area contributed by atoms with Crippen molar-refractivity contribution in [3.63, 3.8) is 0 Å². The van der Waals surface area contributed by atoms with E-state index in [4.69, 9.17) is 5.73 Å². The lowest BCUT2D eigenvalue weighted by atomic mass is 10.3. The van der Waals surface area contributed by atoms with Crippen LogP contribution in [0.15, 0.2) is 17.1 Å². The van der Waals surface area contributed by atoms with Crippen molar-refractivity contribution in [1.29, 1.82) is 0 Å². The molecule has 0 radical (unpaired) electrons. The predicted octanol–water partition coefficient (Wildman–Crippen LogP) is 1.36. The number of benzene rings is 1. The van der Waals surface area contributed by atoms with E-state index in [0.717, 1.165) is 6.07 Å². The number of hydrogen-bond donors (Lipinski definition) is 3. The second kappa shape index (κ2) is 6.78. The highest BCUT2D eigenvalue weighted by Gasteiger charge is 2.14. The van der Waals surface area contributed by atoms with Gasteiger partial charge in [0.05, 0.1) is 5.69 Å². The number of aliphatic imine (C=N–C) groups is 1. The lowest BCUT2D eigenvalue weighted by molar-refractivity contribution is -0.114. The van der Waals surface area contributed by atoms with Gasteiger partial charge in [0.25, 0.3) is 0 Å². The minimum absolute atomic E-state index is 0.0467. The molecule has 0 aromatic heterocycles. The molecule has 0 aliphatic rings. The maximum absolute atomic E-state index is 13.3. The van der Waals surface area contributed by atoms with Crippen molar-refractivity contribution >= 4 is 17.6 Å². The molecule has 0 heterocycles. The van der Waals surface area contributed by atoms with E-state index < -0.39 is 29.0 Å². The highest BCUT2D eigenvalue weighted by molar-refractivity contribution is 5.94. The van der Waals surface area contributed by atoms with Crippen LogP contribution in [0.25, 0.3) is 0 Å². The van der Waals surface area contributed by atoms with Crippen LogP contribution >= 0.6 is 0 Å². The van der Waals surface area contributed by atoms with E-state index in [1.807, 2.05) is 13.8 Å². The van der Waals surface area contributed by atoms with Gasteiger partial charge in [-0.3, -0.25) is 4.79 Å². The van der Waals surface area contributed by atoms with Crippen LogP contribution in [0.4, 0.5) is 18.9 Å². The van der Waals surface area contributed by atoms with Crippen molar-refractivity contribution < 1.29 is 18.0 Å². The highest BCUT2D eigenvalue weighted by atomic mass is 19.2. The number of guanidine groups is 1. The first-order chi connectivity index (χ1) is 9.31. The van der Waals surface area contributed by atoms with Gasteiger partial charge in [0, 0.05) is 6.04 Å². The lowest BCUT2D eigenvalue weighted by Gasteiger charge is -2.09. The molecule has 1 aromatic rings. The molecule has 110 valence electrons. The molecular weight excluding hydrogens is 273 g/mol. The Hall–Kier alpha value is -2.25. The summed E-state index contributed by atoms with van der Waals surface area (Å²) in [6, 6.07) is 1.68. The van der Waals surface area contributed by atoms with Gasteiger partial charge in [-0.2, -0.15) is 0 Å². The molecule has 4 N–H and O–H groups in total. The van der Waals surface area contributed by atoms with Crippen molar-refractivity contribution in [2.75, 3.05) is 11.9 Å². The SMILES string of the molecule is CC(C)NC(N)=NCC(=O)Nc1ccc(F)c(F)c1F. The quantitative estimate of drug-likeness (QED) is 0.444. The smallest absolute Gasteiger partial charge is 0.246 e. The van der Waals surface area contributed by atoms with Gasteiger partial charge in [0.2, 0.25) is 5.91 Å². The van der Waals surface area contributed by atoms with Crippen LogP contribution in [0, 0.1) is 17.5 Å². The van der Waals surface area contributed by atoms with Crippen LogP contribution in [0.2, 0.25) is 0 Å². The van der Waals surface area contributed by atoms with E-state index >= 15 is 0 Å². The maximum atomic E-state index is 13.3. The molecule has 8 heteroatoms. The van der Waals surface area contributed by atoms with E-state index in [-0.39, 0.29) is 18.5 Å². The summed E-state index contributed by atoms with van der Waals surface area (Å²) in [5.74, 6) is -5.09. The van der Waals surface area contributed by atoms with E-state index in [9.17, 15) is 18.0 Å². The minimum atomic E-state index is -1.65. The second-order valence-electron chi connectivity index (χ2n) is 4.27. The van der Waals surface area contributed by atoms with Crippen LogP contribution in [0.5, 0.6) is 0 Å². The Bertz CT molecular complexity index is 532. The molecule has 0 spiro atoms.